The fraction of sp³-hybridized carbons (Fsp3) is 0. The second kappa shape index (κ2) is 5.16. The van der Waals surface area contributed by atoms with Gasteiger partial charge in [-0.25, -0.2) is 0 Å². The summed E-state index contributed by atoms with van der Waals surface area (Å²) in [6.45, 7) is 0. The van der Waals surface area contributed by atoms with Crippen LogP contribution in [0, 0.1) is 0 Å². The Hall–Kier alpha value is -2.69. The van der Waals surface area contributed by atoms with Crippen molar-refractivity contribution in [2.24, 2.45) is 0 Å². The molecule has 1 aliphatic rings. The molecule has 24 heavy (non-hydrogen) atoms. The summed E-state index contributed by atoms with van der Waals surface area (Å²) in [5, 5.41) is 1.95. The molecule has 124 valence electrons. The zero-order valence-electron chi connectivity index (χ0n) is 11.6. The van der Waals surface area contributed by atoms with E-state index in [9.17, 15) is 22.8 Å². The molecule has 1 aromatic carbocycles. The van der Waals surface area contributed by atoms with Gasteiger partial charge < -0.3 is 5.73 Å². The first-order valence-corrected chi connectivity index (χ1v) is 8.11. The molecule has 4 N–H and O–H groups in total. The number of rotatable bonds is 2. The third-order valence-corrected chi connectivity index (χ3v) is 4.58. The van der Waals surface area contributed by atoms with Crippen LogP contribution in [0.4, 0.5) is 5.82 Å². The Labute approximate surface area is 139 Å². The summed E-state index contributed by atoms with van der Waals surface area (Å²) in [6.07, 6.45) is 0. The number of anilines is 1. The molecule has 0 saturated carbocycles. The maximum absolute atomic E-state index is 12.3. The fourth-order valence-electron chi connectivity index (χ4n) is 2.35. The van der Waals surface area contributed by atoms with E-state index in [-0.39, 0.29) is 27.7 Å². The van der Waals surface area contributed by atoms with E-state index in [1.54, 1.807) is 0 Å². The summed E-state index contributed by atoms with van der Waals surface area (Å²) in [6, 6.07) is 4.00. The van der Waals surface area contributed by atoms with E-state index in [2.05, 4.69) is 0 Å². The van der Waals surface area contributed by atoms with Crippen LogP contribution in [0.3, 0.4) is 0 Å². The largest absolute Gasteiger partial charge is 0.384 e. The summed E-state index contributed by atoms with van der Waals surface area (Å²) >= 11 is 5.98. The Bertz CT molecular complexity index is 1090. The minimum absolute atomic E-state index is 0.0547. The number of benzene rings is 1. The number of halogens is 1. The van der Waals surface area contributed by atoms with Crippen LogP contribution in [0.2, 0.25) is 5.02 Å². The number of nitrogens with two attached hydrogens (primary N) is 1. The van der Waals surface area contributed by atoms with Gasteiger partial charge in [0.2, 0.25) is 0 Å². The van der Waals surface area contributed by atoms with Crippen LogP contribution in [0.5, 0.6) is 0 Å². The Kier molecular flexibility index (Phi) is 3.48. The van der Waals surface area contributed by atoms with Crippen LogP contribution in [0.25, 0.3) is 5.69 Å². The van der Waals surface area contributed by atoms with E-state index in [0.717, 1.165) is 28.8 Å². The van der Waals surface area contributed by atoms with Gasteiger partial charge in [-0.2, -0.15) is 8.42 Å². The number of nitrogen functional groups attached to an aromatic ring is 1. The highest BCUT2D eigenvalue weighted by Crippen LogP contribution is 2.28. The second-order valence-electron chi connectivity index (χ2n) is 4.86. The quantitative estimate of drug-likeness (QED) is 0.505. The summed E-state index contributed by atoms with van der Waals surface area (Å²) in [5.74, 6) is -1.93. The number of carbonyl (C=O) groups excluding carboxylic acids is 2. The normalized spacial score (nSPS) is 13.8. The molecule has 0 saturated heterocycles. The summed E-state index contributed by atoms with van der Waals surface area (Å²) in [7, 11) is -4.56. The molecule has 0 fully saturated rings. The summed E-state index contributed by atoms with van der Waals surface area (Å²) in [4.78, 5) is 35.2. The molecule has 2 heterocycles. The van der Waals surface area contributed by atoms with E-state index in [1.165, 1.54) is 0 Å². The van der Waals surface area contributed by atoms with Gasteiger partial charge in [0.05, 0.1) is 26.7 Å². The molecular formula is C13H8ClN3O6S. The maximum atomic E-state index is 12.3. The first kappa shape index (κ1) is 16.2. The zero-order chi connectivity index (χ0) is 17.8. The van der Waals surface area contributed by atoms with E-state index in [0.29, 0.717) is 0 Å². The molecule has 0 unspecified atom stereocenters. The van der Waals surface area contributed by atoms with Crippen molar-refractivity contribution < 1.29 is 22.6 Å². The molecule has 0 aliphatic carbocycles. The first-order chi connectivity index (χ1) is 11.1. The van der Waals surface area contributed by atoms with Crippen molar-refractivity contribution in [3.05, 3.63) is 50.8 Å². The Balaban J connectivity index is 2.37. The third kappa shape index (κ3) is 2.37. The van der Waals surface area contributed by atoms with Gasteiger partial charge in [0.1, 0.15) is 5.82 Å². The fourth-order valence-corrected chi connectivity index (χ4v) is 3.05. The Morgan fingerprint density at radius 2 is 1.79 bits per heavy atom. The molecule has 0 radical (unpaired) electrons. The standard InChI is InChI=1S/C13H8ClN3O6S/c14-7-2-1-5(24(21,22)23)3-8(7)17-9(18)4-6-10(11(17)15)13(20)16-12(6)19/h1-4H,15H2,(H,16,19,20)(H,21,22,23). The van der Waals surface area contributed by atoms with Gasteiger partial charge >= 0.3 is 0 Å². The molecule has 11 heteroatoms. The van der Waals surface area contributed by atoms with Gasteiger partial charge in [-0.05, 0) is 18.2 Å². The van der Waals surface area contributed by atoms with Crippen LogP contribution >= 0.6 is 11.6 Å². The lowest BCUT2D eigenvalue weighted by Gasteiger charge is -2.14. The molecule has 2 amide bonds. The van der Waals surface area contributed by atoms with Crippen LogP contribution in [-0.4, -0.2) is 29.4 Å². The Morgan fingerprint density at radius 3 is 2.42 bits per heavy atom. The van der Waals surface area contributed by atoms with Crippen LogP contribution in [0.1, 0.15) is 20.7 Å². The average molecular weight is 370 g/mol. The number of fused-ring (bicyclic) bond motifs is 1. The molecule has 1 aromatic heterocycles. The van der Waals surface area contributed by atoms with Crippen molar-refractivity contribution in [2.75, 3.05) is 5.73 Å². The number of hydrogen-bond donors (Lipinski definition) is 3. The van der Waals surface area contributed by atoms with Gasteiger partial charge in [0.15, 0.2) is 0 Å². The highest BCUT2D eigenvalue weighted by Gasteiger charge is 2.32. The van der Waals surface area contributed by atoms with Gasteiger partial charge in [-0.15, -0.1) is 0 Å². The lowest BCUT2D eigenvalue weighted by molar-refractivity contribution is 0.0880. The van der Waals surface area contributed by atoms with Crippen molar-refractivity contribution in [3.8, 4) is 5.69 Å². The number of pyridine rings is 1. The van der Waals surface area contributed by atoms with E-state index < -0.39 is 32.4 Å². The lowest BCUT2D eigenvalue weighted by Crippen LogP contribution is -2.24. The highest BCUT2D eigenvalue weighted by molar-refractivity contribution is 7.85. The molecule has 3 rings (SSSR count). The predicted octanol–water partition coefficient (Wildman–Crippen LogP) is 0.203. The molecule has 2 aromatic rings. The summed E-state index contributed by atoms with van der Waals surface area (Å²) in [5.41, 5.74) is 4.47. The van der Waals surface area contributed by atoms with Crippen molar-refractivity contribution in [3.63, 3.8) is 0 Å². The number of amides is 2. The lowest BCUT2D eigenvalue weighted by atomic mass is 10.1. The number of nitrogens with zero attached hydrogens (tertiary/aromatic N) is 1. The number of aromatic nitrogens is 1. The van der Waals surface area contributed by atoms with Crippen LogP contribution in [-0.2, 0) is 10.1 Å². The number of carbonyl (C=O) groups is 2. The number of hydrogen-bond acceptors (Lipinski definition) is 6. The first-order valence-electron chi connectivity index (χ1n) is 6.30. The minimum atomic E-state index is -4.56. The van der Waals surface area contributed by atoms with Crippen molar-refractivity contribution in [1.82, 2.24) is 9.88 Å². The van der Waals surface area contributed by atoms with E-state index in [4.69, 9.17) is 21.9 Å². The highest BCUT2D eigenvalue weighted by atomic mass is 35.5. The van der Waals surface area contributed by atoms with E-state index in [1.807, 2.05) is 5.32 Å². The van der Waals surface area contributed by atoms with Crippen LogP contribution in [0.15, 0.2) is 34.0 Å². The SMILES string of the molecule is Nc1c2c(cc(=O)n1-c1cc(S(=O)(=O)O)ccc1Cl)C(=O)NC2=O. The zero-order valence-corrected chi connectivity index (χ0v) is 13.2. The molecule has 0 atom stereocenters. The van der Waals surface area contributed by atoms with Crippen molar-refractivity contribution in [1.29, 1.82) is 0 Å². The van der Waals surface area contributed by atoms with Gasteiger partial charge in [-0.3, -0.25) is 28.8 Å². The minimum Gasteiger partial charge on any atom is -0.384 e. The number of nitrogens with one attached hydrogen (secondary N) is 1. The molecular weight excluding hydrogens is 362 g/mol. The van der Waals surface area contributed by atoms with E-state index >= 15 is 0 Å². The number of imide groups is 1. The monoisotopic (exact) mass is 369 g/mol. The molecule has 1 aliphatic heterocycles. The van der Waals surface area contributed by atoms with Gasteiger partial charge in [-0.1, -0.05) is 11.6 Å². The smallest absolute Gasteiger partial charge is 0.294 e. The van der Waals surface area contributed by atoms with Gasteiger partial charge in [0, 0.05) is 6.07 Å². The van der Waals surface area contributed by atoms with Crippen molar-refractivity contribution in [2.45, 2.75) is 4.90 Å². The second-order valence-corrected chi connectivity index (χ2v) is 6.69. The predicted molar refractivity (Wildman–Crippen MR) is 83.1 cm³/mol. The van der Waals surface area contributed by atoms with Crippen LogP contribution < -0.4 is 16.6 Å². The molecule has 0 bridgehead atoms. The maximum Gasteiger partial charge on any atom is 0.294 e. The molecule has 9 nitrogen and oxygen atoms in total. The summed E-state index contributed by atoms with van der Waals surface area (Å²) < 4.78 is 32.4. The Morgan fingerprint density at radius 1 is 1.12 bits per heavy atom. The molecule has 0 spiro atoms. The van der Waals surface area contributed by atoms with Gasteiger partial charge in [0.25, 0.3) is 27.5 Å². The topological polar surface area (TPSA) is 149 Å². The average Bonchev–Trinajstić information content (AvgIpc) is 2.74. The van der Waals surface area contributed by atoms with Crippen molar-refractivity contribution >= 4 is 39.4 Å². The third-order valence-electron chi connectivity index (χ3n) is 3.41.